The molecule has 0 aliphatic carbocycles. The first-order valence-corrected chi connectivity index (χ1v) is 6.61. The Morgan fingerprint density at radius 3 is 2.43 bits per heavy atom. The molecule has 0 saturated carbocycles. The molecule has 0 amide bonds. The first-order chi connectivity index (χ1) is 10.0. The summed E-state index contributed by atoms with van der Waals surface area (Å²) < 4.78 is 41.7. The minimum absolute atomic E-state index is 0.106. The molecule has 2 nitrogen and oxygen atoms in total. The lowest BCUT2D eigenvalue weighted by Crippen LogP contribution is -2.13. The molecule has 0 aliphatic rings. The van der Waals surface area contributed by atoms with Crippen LogP contribution in [0.2, 0.25) is 5.02 Å². The van der Waals surface area contributed by atoms with Crippen LogP contribution in [0.5, 0.6) is 5.75 Å². The molecule has 0 aliphatic heterocycles. The maximum atomic E-state index is 13.5. The third-order valence-electron chi connectivity index (χ3n) is 2.80. The molecule has 0 saturated heterocycles. The number of benzene rings is 2. The van der Waals surface area contributed by atoms with Gasteiger partial charge in [0.2, 0.25) is 0 Å². The average Bonchev–Trinajstić information content (AvgIpc) is 2.44. The van der Waals surface area contributed by atoms with Crippen LogP contribution >= 0.6 is 11.6 Å². The van der Waals surface area contributed by atoms with Crippen LogP contribution in [0, 0.1) is 5.82 Å². The molecule has 0 radical (unpaired) electrons. The molecule has 0 atom stereocenters. The van der Waals surface area contributed by atoms with Crippen LogP contribution in [-0.4, -0.2) is 6.61 Å². The van der Waals surface area contributed by atoms with Gasteiger partial charge in [-0.1, -0.05) is 23.7 Å². The fourth-order valence-corrected chi connectivity index (χ4v) is 2.00. The predicted octanol–water partition coefficient (Wildman–Crippen LogP) is 4.37. The lowest BCUT2D eigenvalue weighted by Gasteiger charge is -2.08. The van der Waals surface area contributed by atoms with Crippen LogP contribution in [-0.2, 0) is 13.1 Å². The van der Waals surface area contributed by atoms with Gasteiger partial charge in [-0.2, -0.15) is 8.78 Å². The van der Waals surface area contributed by atoms with E-state index >= 15 is 0 Å². The van der Waals surface area contributed by atoms with Crippen LogP contribution in [0.3, 0.4) is 0 Å². The van der Waals surface area contributed by atoms with E-state index in [9.17, 15) is 13.2 Å². The summed E-state index contributed by atoms with van der Waals surface area (Å²) in [5.41, 5.74) is 1.35. The van der Waals surface area contributed by atoms with Gasteiger partial charge in [-0.25, -0.2) is 4.39 Å². The van der Waals surface area contributed by atoms with Crippen LogP contribution in [0.15, 0.2) is 42.5 Å². The smallest absolute Gasteiger partial charge is 0.387 e. The molecule has 2 rings (SSSR count). The Bertz CT molecular complexity index is 590. The third-order valence-corrected chi connectivity index (χ3v) is 3.04. The van der Waals surface area contributed by atoms with E-state index in [1.807, 2.05) is 0 Å². The summed E-state index contributed by atoms with van der Waals surface area (Å²) in [5, 5.41) is 3.53. The molecule has 112 valence electrons. The first-order valence-electron chi connectivity index (χ1n) is 6.23. The van der Waals surface area contributed by atoms with E-state index in [-0.39, 0.29) is 11.6 Å². The maximum absolute atomic E-state index is 13.5. The van der Waals surface area contributed by atoms with Gasteiger partial charge < -0.3 is 10.1 Å². The van der Waals surface area contributed by atoms with Gasteiger partial charge >= 0.3 is 6.61 Å². The summed E-state index contributed by atoms with van der Waals surface area (Å²) in [7, 11) is 0. The van der Waals surface area contributed by atoms with Crippen molar-refractivity contribution in [3.63, 3.8) is 0 Å². The van der Waals surface area contributed by atoms with E-state index < -0.39 is 6.61 Å². The zero-order valence-corrected chi connectivity index (χ0v) is 11.7. The summed E-state index contributed by atoms with van der Waals surface area (Å²) in [6.07, 6.45) is 0. The molecule has 2 aromatic carbocycles. The van der Waals surface area contributed by atoms with Crippen molar-refractivity contribution in [2.24, 2.45) is 0 Å². The molecule has 1 N–H and O–H groups in total. The second kappa shape index (κ2) is 7.33. The highest BCUT2D eigenvalue weighted by molar-refractivity contribution is 6.30. The van der Waals surface area contributed by atoms with Gasteiger partial charge in [-0.15, -0.1) is 0 Å². The molecule has 0 bridgehead atoms. The quantitative estimate of drug-likeness (QED) is 0.854. The van der Waals surface area contributed by atoms with Crippen molar-refractivity contribution < 1.29 is 17.9 Å². The highest BCUT2D eigenvalue weighted by Crippen LogP contribution is 2.16. The van der Waals surface area contributed by atoms with E-state index in [0.29, 0.717) is 23.7 Å². The summed E-state index contributed by atoms with van der Waals surface area (Å²) >= 11 is 5.80. The molecule has 6 heteroatoms. The van der Waals surface area contributed by atoms with Crippen molar-refractivity contribution >= 4 is 11.6 Å². The lowest BCUT2D eigenvalue weighted by atomic mass is 10.2. The summed E-state index contributed by atoms with van der Waals surface area (Å²) in [5.74, 6) is -0.220. The number of alkyl halides is 2. The van der Waals surface area contributed by atoms with Crippen molar-refractivity contribution in [2.45, 2.75) is 19.7 Å². The predicted molar refractivity (Wildman–Crippen MR) is 75.0 cm³/mol. The van der Waals surface area contributed by atoms with E-state index in [1.54, 1.807) is 18.2 Å². The molecule has 0 heterocycles. The van der Waals surface area contributed by atoms with Gasteiger partial charge in [0.25, 0.3) is 0 Å². The van der Waals surface area contributed by atoms with Crippen LogP contribution in [0.4, 0.5) is 13.2 Å². The maximum Gasteiger partial charge on any atom is 0.387 e. The van der Waals surface area contributed by atoms with Gasteiger partial charge in [0.05, 0.1) is 0 Å². The Morgan fingerprint density at radius 2 is 1.76 bits per heavy atom. The zero-order valence-electron chi connectivity index (χ0n) is 11.0. The number of hydrogen-bond acceptors (Lipinski definition) is 2. The highest BCUT2D eigenvalue weighted by Gasteiger charge is 2.05. The first kappa shape index (κ1) is 15.7. The molecule has 0 aromatic heterocycles. The van der Waals surface area contributed by atoms with Gasteiger partial charge in [-0.3, -0.25) is 0 Å². The Hall–Kier alpha value is -1.72. The van der Waals surface area contributed by atoms with Crippen LogP contribution in [0.25, 0.3) is 0 Å². The molecule has 0 unspecified atom stereocenters. The molecule has 2 aromatic rings. The average molecular weight is 316 g/mol. The molecule has 0 spiro atoms. The standard InChI is InChI=1S/C15H13ClF3NO/c16-12-3-6-14(17)11(7-12)9-20-8-10-1-4-13(5-2-10)21-15(18)19/h1-7,15,20H,8-9H2. The summed E-state index contributed by atoms with van der Waals surface area (Å²) in [4.78, 5) is 0. The minimum atomic E-state index is -2.83. The van der Waals surface area contributed by atoms with Crippen molar-refractivity contribution in [2.75, 3.05) is 0 Å². The van der Waals surface area contributed by atoms with E-state index in [0.717, 1.165) is 5.56 Å². The largest absolute Gasteiger partial charge is 0.435 e. The Kier molecular flexibility index (Phi) is 5.47. The van der Waals surface area contributed by atoms with E-state index in [4.69, 9.17) is 11.6 Å². The topological polar surface area (TPSA) is 21.3 Å². The number of hydrogen-bond donors (Lipinski definition) is 1. The molecular weight excluding hydrogens is 303 g/mol. The molecular formula is C15H13ClF3NO. The zero-order chi connectivity index (χ0) is 15.2. The van der Waals surface area contributed by atoms with Crippen LogP contribution < -0.4 is 10.1 Å². The Labute approximate surface area is 125 Å². The second-order valence-electron chi connectivity index (χ2n) is 4.36. The van der Waals surface area contributed by atoms with E-state index in [2.05, 4.69) is 10.1 Å². The van der Waals surface area contributed by atoms with Gasteiger partial charge in [0, 0.05) is 23.7 Å². The normalized spacial score (nSPS) is 10.9. The minimum Gasteiger partial charge on any atom is -0.435 e. The van der Waals surface area contributed by atoms with Crippen molar-refractivity contribution in [1.82, 2.24) is 5.32 Å². The summed E-state index contributed by atoms with van der Waals surface area (Å²) in [6, 6.07) is 10.6. The number of ether oxygens (including phenoxy) is 1. The number of halogens is 4. The lowest BCUT2D eigenvalue weighted by molar-refractivity contribution is -0.0498. The van der Waals surface area contributed by atoms with Gasteiger partial charge in [0.1, 0.15) is 11.6 Å². The number of rotatable bonds is 6. The molecule has 21 heavy (non-hydrogen) atoms. The monoisotopic (exact) mass is 315 g/mol. The summed E-state index contributed by atoms with van der Waals surface area (Å²) in [6.45, 7) is -2.04. The Balaban J connectivity index is 1.87. The highest BCUT2D eigenvalue weighted by atomic mass is 35.5. The number of nitrogens with one attached hydrogen (secondary N) is 1. The van der Waals surface area contributed by atoms with Crippen LogP contribution in [0.1, 0.15) is 11.1 Å². The SMILES string of the molecule is Fc1ccc(Cl)cc1CNCc1ccc(OC(F)F)cc1. The third kappa shape index (κ3) is 4.95. The molecule has 0 fully saturated rings. The second-order valence-corrected chi connectivity index (χ2v) is 4.80. The Morgan fingerprint density at radius 1 is 1.05 bits per heavy atom. The fraction of sp³-hybridized carbons (Fsp3) is 0.200. The van der Waals surface area contributed by atoms with Crippen molar-refractivity contribution in [3.8, 4) is 5.75 Å². The van der Waals surface area contributed by atoms with E-state index in [1.165, 1.54) is 24.3 Å². The van der Waals surface area contributed by atoms with Gasteiger partial charge in [0.15, 0.2) is 0 Å². The van der Waals surface area contributed by atoms with Crippen molar-refractivity contribution in [1.29, 1.82) is 0 Å². The fourth-order valence-electron chi connectivity index (χ4n) is 1.81. The van der Waals surface area contributed by atoms with Gasteiger partial charge in [-0.05, 0) is 35.9 Å². The van der Waals surface area contributed by atoms with Crippen molar-refractivity contribution in [3.05, 3.63) is 64.4 Å².